The molecular weight excluding hydrogens is 214 g/mol. The van der Waals surface area contributed by atoms with E-state index in [0.717, 1.165) is 36.7 Å². The summed E-state index contributed by atoms with van der Waals surface area (Å²) in [5.74, 6) is 1.87. The molecule has 1 saturated heterocycles. The minimum atomic E-state index is 0.213. The van der Waals surface area contributed by atoms with Gasteiger partial charge in [-0.2, -0.15) is 0 Å². The smallest absolute Gasteiger partial charge is 0.132 e. The van der Waals surface area contributed by atoms with Gasteiger partial charge < -0.3 is 10.0 Å². The molecule has 1 aromatic rings. The fraction of sp³-hybridized carbons (Fsp3) is 0.692. The molecular formula is C13H21N3O. The molecule has 1 aliphatic rings. The molecule has 0 aliphatic carbocycles. The summed E-state index contributed by atoms with van der Waals surface area (Å²) in [5, 5.41) is 9.43. The summed E-state index contributed by atoms with van der Waals surface area (Å²) in [7, 11) is 0. The molecule has 4 nitrogen and oxygen atoms in total. The molecule has 1 unspecified atom stereocenters. The van der Waals surface area contributed by atoms with Crippen molar-refractivity contribution in [1.82, 2.24) is 9.97 Å². The standard InChI is InChI=1S/C13H21N3O/c1-3-12-14-10(2)8-13(15-12)16-7-5-4-6-11(16)9-17/h8,11,17H,3-7,9H2,1-2H3. The number of aryl methyl sites for hydroxylation is 2. The molecule has 17 heavy (non-hydrogen) atoms. The molecule has 0 saturated carbocycles. The van der Waals surface area contributed by atoms with Gasteiger partial charge in [-0.25, -0.2) is 9.97 Å². The van der Waals surface area contributed by atoms with Gasteiger partial charge in [0.05, 0.1) is 12.6 Å². The van der Waals surface area contributed by atoms with Gasteiger partial charge in [-0.05, 0) is 26.2 Å². The quantitative estimate of drug-likeness (QED) is 0.866. The molecule has 0 amide bonds. The van der Waals surface area contributed by atoms with Crippen LogP contribution in [-0.2, 0) is 6.42 Å². The summed E-state index contributed by atoms with van der Waals surface area (Å²) in [5.41, 5.74) is 1.01. The number of hydrogen-bond acceptors (Lipinski definition) is 4. The largest absolute Gasteiger partial charge is 0.394 e. The number of aromatic nitrogens is 2. The maximum Gasteiger partial charge on any atom is 0.132 e. The first-order chi connectivity index (χ1) is 8.24. The van der Waals surface area contributed by atoms with Crippen LogP contribution in [0, 0.1) is 6.92 Å². The molecule has 0 aromatic carbocycles. The van der Waals surface area contributed by atoms with Crippen LogP contribution in [0.3, 0.4) is 0 Å². The number of aliphatic hydroxyl groups excluding tert-OH is 1. The summed E-state index contributed by atoms with van der Waals surface area (Å²) >= 11 is 0. The Kier molecular flexibility index (Phi) is 3.94. The Morgan fingerprint density at radius 1 is 1.41 bits per heavy atom. The van der Waals surface area contributed by atoms with Gasteiger partial charge >= 0.3 is 0 Å². The predicted octanol–water partition coefficient (Wildman–Crippen LogP) is 1.70. The SMILES string of the molecule is CCc1nc(C)cc(N2CCCCC2CO)n1. The monoisotopic (exact) mass is 235 g/mol. The van der Waals surface area contributed by atoms with Gasteiger partial charge in [-0.3, -0.25) is 0 Å². The number of hydrogen-bond donors (Lipinski definition) is 1. The molecule has 0 radical (unpaired) electrons. The van der Waals surface area contributed by atoms with Gasteiger partial charge in [-0.1, -0.05) is 6.92 Å². The summed E-state index contributed by atoms with van der Waals surface area (Å²) in [4.78, 5) is 11.2. The Morgan fingerprint density at radius 3 is 2.94 bits per heavy atom. The lowest BCUT2D eigenvalue weighted by Gasteiger charge is -2.35. The van der Waals surface area contributed by atoms with Crippen molar-refractivity contribution in [3.05, 3.63) is 17.6 Å². The van der Waals surface area contributed by atoms with E-state index in [0.29, 0.717) is 0 Å². The van der Waals surface area contributed by atoms with E-state index in [9.17, 15) is 5.11 Å². The fourth-order valence-corrected chi connectivity index (χ4v) is 2.41. The van der Waals surface area contributed by atoms with E-state index < -0.39 is 0 Å². The van der Waals surface area contributed by atoms with Crippen LogP contribution in [0.5, 0.6) is 0 Å². The maximum absolute atomic E-state index is 9.43. The van der Waals surface area contributed by atoms with E-state index in [4.69, 9.17) is 0 Å². The van der Waals surface area contributed by atoms with E-state index >= 15 is 0 Å². The van der Waals surface area contributed by atoms with Crippen LogP contribution in [0.25, 0.3) is 0 Å². The molecule has 0 bridgehead atoms. The Balaban J connectivity index is 2.27. The van der Waals surface area contributed by atoms with Crippen LogP contribution in [0.2, 0.25) is 0 Å². The highest BCUT2D eigenvalue weighted by atomic mass is 16.3. The van der Waals surface area contributed by atoms with Crippen LogP contribution in [0.15, 0.2) is 6.07 Å². The molecule has 1 fully saturated rings. The lowest BCUT2D eigenvalue weighted by molar-refractivity contribution is 0.239. The van der Waals surface area contributed by atoms with Crippen molar-refractivity contribution in [3.8, 4) is 0 Å². The zero-order valence-electron chi connectivity index (χ0n) is 10.7. The number of rotatable bonds is 3. The van der Waals surface area contributed by atoms with Gasteiger partial charge in [-0.15, -0.1) is 0 Å². The van der Waals surface area contributed by atoms with Crippen LogP contribution >= 0.6 is 0 Å². The lowest BCUT2D eigenvalue weighted by Crippen LogP contribution is -2.42. The van der Waals surface area contributed by atoms with Crippen molar-refractivity contribution < 1.29 is 5.11 Å². The molecule has 1 aromatic heterocycles. The summed E-state index contributed by atoms with van der Waals surface area (Å²) in [6.07, 6.45) is 4.29. The van der Waals surface area contributed by atoms with Gasteiger partial charge in [0.15, 0.2) is 0 Å². The van der Waals surface area contributed by atoms with Crippen LogP contribution in [0.1, 0.15) is 37.7 Å². The number of anilines is 1. The lowest BCUT2D eigenvalue weighted by atomic mass is 10.0. The van der Waals surface area contributed by atoms with Crippen LogP contribution in [-0.4, -0.2) is 34.3 Å². The van der Waals surface area contributed by atoms with E-state index in [1.54, 1.807) is 0 Å². The summed E-state index contributed by atoms with van der Waals surface area (Å²) < 4.78 is 0. The van der Waals surface area contributed by atoms with Gasteiger partial charge in [0.1, 0.15) is 11.6 Å². The first kappa shape index (κ1) is 12.3. The van der Waals surface area contributed by atoms with Crippen molar-refractivity contribution in [2.24, 2.45) is 0 Å². The van der Waals surface area contributed by atoms with Crippen molar-refractivity contribution in [2.45, 2.75) is 45.6 Å². The van der Waals surface area contributed by atoms with E-state index in [-0.39, 0.29) is 12.6 Å². The first-order valence-electron chi connectivity index (χ1n) is 6.46. The zero-order valence-corrected chi connectivity index (χ0v) is 10.7. The summed E-state index contributed by atoms with van der Waals surface area (Å²) in [6.45, 7) is 5.27. The molecule has 94 valence electrons. The molecule has 2 rings (SSSR count). The third-order valence-electron chi connectivity index (χ3n) is 3.34. The Labute approximate surface area is 103 Å². The van der Waals surface area contributed by atoms with E-state index in [1.807, 2.05) is 13.0 Å². The number of aliphatic hydroxyl groups is 1. The Morgan fingerprint density at radius 2 is 2.24 bits per heavy atom. The molecule has 4 heteroatoms. The third kappa shape index (κ3) is 2.75. The van der Waals surface area contributed by atoms with Gasteiger partial charge in [0, 0.05) is 24.7 Å². The molecule has 1 atom stereocenters. The Hall–Kier alpha value is -1.16. The third-order valence-corrected chi connectivity index (χ3v) is 3.34. The minimum Gasteiger partial charge on any atom is -0.394 e. The van der Waals surface area contributed by atoms with Crippen molar-refractivity contribution in [3.63, 3.8) is 0 Å². The van der Waals surface area contributed by atoms with Crippen molar-refractivity contribution >= 4 is 5.82 Å². The number of nitrogens with zero attached hydrogens (tertiary/aromatic N) is 3. The first-order valence-corrected chi connectivity index (χ1v) is 6.46. The predicted molar refractivity (Wildman–Crippen MR) is 68.2 cm³/mol. The molecule has 2 heterocycles. The second-order valence-electron chi connectivity index (χ2n) is 4.66. The second kappa shape index (κ2) is 5.45. The number of piperidine rings is 1. The Bertz CT molecular complexity index is 381. The van der Waals surface area contributed by atoms with Gasteiger partial charge in [0.25, 0.3) is 0 Å². The minimum absolute atomic E-state index is 0.213. The fourth-order valence-electron chi connectivity index (χ4n) is 2.41. The molecule has 1 N–H and O–H groups in total. The highest BCUT2D eigenvalue weighted by Gasteiger charge is 2.23. The van der Waals surface area contributed by atoms with E-state index in [2.05, 4.69) is 21.8 Å². The second-order valence-corrected chi connectivity index (χ2v) is 4.66. The average Bonchev–Trinajstić information content (AvgIpc) is 2.37. The summed E-state index contributed by atoms with van der Waals surface area (Å²) in [6, 6.07) is 2.25. The zero-order chi connectivity index (χ0) is 12.3. The van der Waals surface area contributed by atoms with Gasteiger partial charge in [0.2, 0.25) is 0 Å². The van der Waals surface area contributed by atoms with Crippen molar-refractivity contribution in [2.75, 3.05) is 18.1 Å². The normalized spacial score (nSPS) is 20.6. The molecule has 1 aliphatic heterocycles. The topological polar surface area (TPSA) is 49.2 Å². The van der Waals surface area contributed by atoms with Crippen molar-refractivity contribution in [1.29, 1.82) is 0 Å². The van der Waals surface area contributed by atoms with E-state index in [1.165, 1.54) is 12.8 Å². The average molecular weight is 235 g/mol. The van der Waals surface area contributed by atoms with Crippen LogP contribution < -0.4 is 4.90 Å². The molecule has 0 spiro atoms. The highest BCUT2D eigenvalue weighted by molar-refractivity contribution is 5.41. The highest BCUT2D eigenvalue weighted by Crippen LogP contribution is 2.23. The maximum atomic E-state index is 9.43. The van der Waals surface area contributed by atoms with Crippen LogP contribution in [0.4, 0.5) is 5.82 Å².